The molecule has 3 unspecified atom stereocenters. The predicted octanol–water partition coefficient (Wildman–Crippen LogP) is 4.46. The van der Waals surface area contributed by atoms with Crippen LogP contribution in [0.5, 0.6) is 5.75 Å². The van der Waals surface area contributed by atoms with Crippen LogP contribution >= 0.6 is 0 Å². The summed E-state index contributed by atoms with van der Waals surface area (Å²) in [5, 5.41) is 15.1. The summed E-state index contributed by atoms with van der Waals surface area (Å²) in [4.78, 5) is 0. The van der Waals surface area contributed by atoms with Gasteiger partial charge in [-0.2, -0.15) is 0 Å². The number of benzene rings is 1. The minimum atomic E-state index is -0.345. The summed E-state index contributed by atoms with van der Waals surface area (Å²) in [6.07, 6.45) is 11.1. The number of hydrogen-bond donors (Lipinski definition) is 2. The van der Waals surface area contributed by atoms with Crippen molar-refractivity contribution < 1.29 is 9.84 Å². The SMILES string of the molecule is COc1ccccc1C(NC1C2CC3CC1CC(O)(C3)C2)C1CCCC1. The van der Waals surface area contributed by atoms with Gasteiger partial charge in [0.1, 0.15) is 5.75 Å². The Morgan fingerprint density at radius 2 is 1.77 bits per heavy atom. The number of ether oxygens (including phenoxy) is 1. The van der Waals surface area contributed by atoms with Crippen LogP contribution < -0.4 is 10.1 Å². The van der Waals surface area contributed by atoms with E-state index in [1.807, 2.05) is 0 Å². The monoisotopic (exact) mass is 355 g/mol. The van der Waals surface area contributed by atoms with Crippen molar-refractivity contribution in [2.75, 3.05) is 7.11 Å². The fourth-order valence-corrected chi connectivity index (χ4v) is 7.15. The molecule has 5 fully saturated rings. The van der Waals surface area contributed by atoms with Gasteiger partial charge in [0.05, 0.1) is 12.7 Å². The molecular weight excluding hydrogens is 322 g/mol. The van der Waals surface area contributed by atoms with E-state index in [4.69, 9.17) is 4.74 Å². The van der Waals surface area contributed by atoms with Gasteiger partial charge in [-0.1, -0.05) is 31.0 Å². The zero-order chi connectivity index (χ0) is 17.7. The molecule has 0 radical (unpaired) electrons. The zero-order valence-electron chi connectivity index (χ0n) is 16.0. The van der Waals surface area contributed by atoms with Gasteiger partial charge in [0.15, 0.2) is 0 Å². The minimum Gasteiger partial charge on any atom is -0.496 e. The maximum atomic E-state index is 10.9. The summed E-state index contributed by atoms with van der Waals surface area (Å²) in [6.45, 7) is 0. The van der Waals surface area contributed by atoms with Crippen LogP contribution in [0.4, 0.5) is 0 Å². The summed E-state index contributed by atoms with van der Waals surface area (Å²) in [5.74, 6) is 3.83. The van der Waals surface area contributed by atoms with Crippen molar-refractivity contribution in [3.05, 3.63) is 29.8 Å². The third-order valence-electron chi connectivity index (χ3n) is 7.96. The van der Waals surface area contributed by atoms with Crippen LogP contribution in [0.25, 0.3) is 0 Å². The topological polar surface area (TPSA) is 41.5 Å². The van der Waals surface area contributed by atoms with Gasteiger partial charge in [-0.05, 0) is 74.7 Å². The van der Waals surface area contributed by atoms with Crippen molar-refractivity contribution in [3.63, 3.8) is 0 Å². The highest BCUT2D eigenvalue weighted by molar-refractivity contribution is 5.36. The number of rotatable bonds is 5. The highest BCUT2D eigenvalue weighted by atomic mass is 16.5. The average molecular weight is 356 g/mol. The molecule has 0 aromatic heterocycles. The first kappa shape index (κ1) is 17.1. The highest BCUT2D eigenvalue weighted by Crippen LogP contribution is 2.56. The first-order valence-electron chi connectivity index (χ1n) is 10.8. The van der Waals surface area contributed by atoms with Crippen molar-refractivity contribution in [1.82, 2.24) is 5.32 Å². The molecular formula is C23H33NO2. The number of aliphatic hydroxyl groups is 1. The van der Waals surface area contributed by atoms with Gasteiger partial charge in [-0.25, -0.2) is 0 Å². The molecule has 5 aliphatic carbocycles. The standard InChI is InChI=1S/C23H33NO2/c1-26-20-9-5-4-8-19(20)22(16-6-2-3-7-16)24-21-17-10-15-11-18(21)14-23(25,12-15)13-17/h4-5,8-9,15-18,21-22,24-25H,2-3,6-7,10-14H2,1H3. The van der Waals surface area contributed by atoms with Crippen molar-refractivity contribution in [3.8, 4) is 5.75 Å². The van der Waals surface area contributed by atoms with Crippen LogP contribution in [0, 0.1) is 23.7 Å². The van der Waals surface area contributed by atoms with Gasteiger partial charge in [0.2, 0.25) is 0 Å². The second kappa shape index (κ2) is 6.53. The normalized spacial score (nSPS) is 40.1. The highest BCUT2D eigenvalue weighted by Gasteiger charge is 2.55. The van der Waals surface area contributed by atoms with Crippen molar-refractivity contribution in [2.45, 2.75) is 75.5 Å². The lowest BCUT2D eigenvalue weighted by Gasteiger charge is -2.59. The van der Waals surface area contributed by atoms with Gasteiger partial charge in [-0.15, -0.1) is 0 Å². The summed E-state index contributed by atoms with van der Waals surface area (Å²) in [5.41, 5.74) is 0.997. The van der Waals surface area contributed by atoms with Gasteiger partial charge in [0.25, 0.3) is 0 Å². The summed E-state index contributed by atoms with van der Waals surface area (Å²) in [6, 6.07) is 9.57. The lowest BCUT2D eigenvalue weighted by Crippen LogP contribution is -2.61. The largest absolute Gasteiger partial charge is 0.496 e. The van der Waals surface area contributed by atoms with E-state index in [0.29, 0.717) is 29.8 Å². The Morgan fingerprint density at radius 3 is 2.42 bits per heavy atom. The lowest BCUT2D eigenvalue weighted by atomic mass is 9.52. The first-order valence-corrected chi connectivity index (χ1v) is 10.8. The van der Waals surface area contributed by atoms with Crippen molar-refractivity contribution in [1.29, 1.82) is 0 Å². The number of para-hydroxylation sites is 1. The molecule has 26 heavy (non-hydrogen) atoms. The van der Waals surface area contributed by atoms with E-state index in [9.17, 15) is 5.11 Å². The van der Waals surface area contributed by atoms with Crippen LogP contribution in [0.3, 0.4) is 0 Å². The fourth-order valence-electron chi connectivity index (χ4n) is 7.15. The van der Waals surface area contributed by atoms with Gasteiger partial charge < -0.3 is 15.2 Å². The molecule has 5 saturated carbocycles. The second-order valence-electron chi connectivity index (χ2n) is 9.65. The Bertz CT molecular complexity index is 637. The Labute approximate surface area is 157 Å². The molecule has 5 aliphatic rings. The molecule has 0 aliphatic heterocycles. The smallest absolute Gasteiger partial charge is 0.123 e. The van der Waals surface area contributed by atoms with Crippen molar-refractivity contribution >= 4 is 0 Å². The van der Waals surface area contributed by atoms with Gasteiger partial charge in [0, 0.05) is 17.6 Å². The van der Waals surface area contributed by atoms with E-state index in [1.54, 1.807) is 7.11 Å². The molecule has 0 amide bonds. The quantitative estimate of drug-likeness (QED) is 0.819. The number of nitrogens with one attached hydrogen (secondary N) is 1. The molecule has 142 valence electrons. The third-order valence-corrected chi connectivity index (χ3v) is 7.96. The van der Waals surface area contributed by atoms with Gasteiger partial charge in [-0.3, -0.25) is 0 Å². The average Bonchev–Trinajstić information content (AvgIpc) is 3.14. The van der Waals surface area contributed by atoms with E-state index in [2.05, 4.69) is 29.6 Å². The van der Waals surface area contributed by atoms with Gasteiger partial charge >= 0.3 is 0 Å². The van der Waals surface area contributed by atoms with Crippen LogP contribution in [0.1, 0.15) is 69.4 Å². The summed E-state index contributed by atoms with van der Waals surface area (Å²) in [7, 11) is 1.79. The third kappa shape index (κ3) is 2.88. The second-order valence-corrected chi connectivity index (χ2v) is 9.65. The lowest BCUT2D eigenvalue weighted by molar-refractivity contribution is -0.140. The molecule has 1 aromatic carbocycles. The fraction of sp³-hybridized carbons (Fsp3) is 0.739. The van der Waals surface area contributed by atoms with E-state index in [1.165, 1.54) is 44.1 Å². The molecule has 0 spiro atoms. The van der Waals surface area contributed by atoms with Crippen LogP contribution in [0.2, 0.25) is 0 Å². The number of methoxy groups -OCH3 is 1. The zero-order valence-corrected chi connectivity index (χ0v) is 16.0. The predicted molar refractivity (Wildman–Crippen MR) is 103 cm³/mol. The van der Waals surface area contributed by atoms with E-state index in [-0.39, 0.29) is 5.60 Å². The summed E-state index contributed by atoms with van der Waals surface area (Å²) < 4.78 is 5.73. The maximum Gasteiger partial charge on any atom is 0.123 e. The molecule has 4 bridgehead atoms. The first-order chi connectivity index (χ1) is 12.6. The summed E-state index contributed by atoms with van der Waals surface area (Å²) >= 11 is 0. The molecule has 6 rings (SSSR count). The molecule has 3 nitrogen and oxygen atoms in total. The van der Waals surface area contributed by atoms with Crippen LogP contribution in [-0.2, 0) is 0 Å². The van der Waals surface area contributed by atoms with Crippen LogP contribution in [0.15, 0.2) is 24.3 Å². The Morgan fingerprint density at radius 1 is 1.08 bits per heavy atom. The minimum absolute atomic E-state index is 0.345. The molecule has 1 aromatic rings. The Balaban J connectivity index is 1.43. The molecule has 3 atom stereocenters. The Kier molecular flexibility index (Phi) is 4.28. The van der Waals surface area contributed by atoms with E-state index in [0.717, 1.165) is 30.9 Å². The Hall–Kier alpha value is -1.06. The van der Waals surface area contributed by atoms with Crippen LogP contribution in [-0.4, -0.2) is 23.9 Å². The van der Waals surface area contributed by atoms with E-state index < -0.39 is 0 Å². The molecule has 3 heteroatoms. The maximum absolute atomic E-state index is 10.9. The molecule has 0 heterocycles. The molecule has 2 N–H and O–H groups in total. The van der Waals surface area contributed by atoms with E-state index >= 15 is 0 Å². The van der Waals surface area contributed by atoms with Crippen molar-refractivity contribution in [2.24, 2.45) is 23.7 Å². The number of hydrogen-bond acceptors (Lipinski definition) is 3. The molecule has 0 saturated heterocycles.